The second-order valence-corrected chi connectivity index (χ2v) is 8.21. The molecule has 5 nitrogen and oxygen atoms in total. The third-order valence-electron chi connectivity index (χ3n) is 4.68. The predicted octanol–water partition coefficient (Wildman–Crippen LogP) is 3.48. The van der Waals surface area contributed by atoms with Crippen molar-refractivity contribution in [1.29, 1.82) is 0 Å². The highest BCUT2D eigenvalue weighted by Crippen LogP contribution is 2.29. The summed E-state index contributed by atoms with van der Waals surface area (Å²) in [6.07, 6.45) is 4.97. The number of hydrogen-bond acceptors (Lipinski definition) is 5. The van der Waals surface area contributed by atoms with Crippen LogP contribution in [0, 0.1) is 13.8 Å². The third kappa shape index (κ3) is 3.54. The molecular formula is C18H25N3O2S. The highest BCUT2D eigenvalue weighted by atomic mass is 32.1. The highest BCUT2D eigenvalue weighted by Gasteiger charge is 2.31. The van der Waals surface area contributed by atoms with Gasteiger partial charge in [0.1, 0.15) is 11.3 Å². The number of thiazole rings is 1. The molecular weight excluding hydrogens is 322 g/mol. The monoisotopic (exact) mass is 347 g/mol. The van der Waals surface area contributed by atoms with Crippen LogP contribution in [0.25, 0.3) is 0 Å². The zero-order valence-corrected chi connectivity index (χ0v) is 15.6. The minimum absolute atomic E-state index is 0.0626. The molecule has 130 valence electrons. The van der Waals surface area contributed by atoms with E-state index in [9.17, 15) is 4.79 Å². The zero-order valence-electron chi connectivity index (χ0n) is 14.8. The quantitative estimate of drug-likeness (QED) is 0.920. The smallest absolute Gasteiger partial charge is 0.257 e. The molecule has 0 spiro atoms. The minimum Gasteiger partial charge on any atom is -0.472 e. The van der Waals surface area contributed by atoms with E-state index in [2.05, 4.69) is 33.0 Å². The van der Waals surface area contributed by atoms with Crippen molar-refractivity contribution in [1.82, 2.24) is 15.2 Å². The van der Waals surface area contributed by atoms with Crippen LogP contribution in [-0.4, -0.2) is 34.9 Å². The number of hydrogen-bond donors (Lipinski definition) is 1. The van der Waals surface area contributed by atoms with Crippen LogP contribution in [0.2, 0.25) is 0 Å². The summed E-state index contributed by atoms with van der Waals surface area (Å²) < 4.78 is 5.01. The Morgan fingerprint density at radius 1 is 1.38 bits per heavy atom. The first kappa shape index (κ1) is 17.2. The van der Waals surface area contributed by atoms with Crippen molar-refractivity contribution >= 4 is 17.2 Å². The van der Waals surface area contributed by atoms with Crippen LogP contribution in [0.4, 0.5) is 0 Å². The molecule has 0 saturated carbocycles. The number of furan rings is 1. The molecule has 24 heavy (non-hydrogen) atoms. The maximum Gasteiger partial charge on any atom is 0.257 e. The van der Waals surface area contributed by atoms with Crippen LogP contribution in [-0.2, 0) is 5.54 Å². The van der Waals surface area contributed by atoms with Crippen LogP contribution in [0.5, 0.6) is 0 Å². The van der Waals surface area contributed by atoms with Crippen molar-refractivity contribution in [2.24, 2.45) is 0 Å². The van der Waals surface area contributed by atoms with Crippen molar-refractivity contribution in [3.8, 4) is 0 Å². The number of likely N-dealkylation sites (tertiary alicyclic amines) is 1. The van der Waals surface area contributed by atoms with Crippen LogP contribution < -0.4 is 5.32 Å². The van der Waals surface area contributed by atoms with Gasteiger partial charge < -0.3 is 14.6 Å². The molecule has 3 rings (SSSR count). The minimum atomic E-state index is -0.148. The Balaban J connectivity index is 1.58. The Bertz CT molecular complexity index is 678. The van der Waals surface area contributed by atoms with Gasteiger partial charge in [0.2, 0.25) is 0 Å². The molecule has 0 unspecified atom stereocenters. The van der Waals surface area contributed by atoms with Crippen molar-refractivity contribution < 1.29 is 9.21 Å². The molecule has 1 N–H and O–H groups in total. The summed E-state index contributed by atoms with van der Waals surface area (Å²) in [5.41, 5.74) is 1.60. The standard InChI is InChI=1S/C18H25N3O2S/c1-12-13(2)24-17(19-12)18(3,4)20-15-5-8-21(9-6-15)16(22)14-7-10-23-11-14/h7,10-11,15,20H,5-6,8-9H2,1-4H3. The molecule has 6 heteroatoms. The Labute approximate surface area is 147 Å². The molecule has 2 aromatic rings. The average molecular weight is 347 g/mol. The topological polar surface area (TPSA) is 58.4 Å². The van der Waals surface area contributed by atoms with E-state index in [4.69, 9.17) is 9.40 Å². The second-order valence-electron chi connectivity index (χ2n) is 7.01. The molecule has 1 aliphatic rings. The van der Waals surface area contributed by atoms with Crippen LogP contribution in [0.1, 0.15) is 52.6 Å². The summed E-state index contributed by atoms with van der Waals surface area (Å²) in [6.45, 7) is 10.1. The van der Waals surface area contributed by atoms with Gasteiger partial charge in [-0.05, 0) is 46.6 Å². The number of carbonyl (C=O) groups is 1. The number of amides is 1. The van der Waals surface area contributed by atoms with E-state index in [0.29, 0.717) is 11.6 Å². The lowest BCUT2D eigenvalue weighted by atomic mass is 9.98. The molecule has 3 heterocycles. The van der Waals surface area contributed by atoms with Crippen molar-refractivity contribution in [2.45, 2.75) is 52.1 Å². The van der Waals surface area contributed by atoms with Gasteiger partial charge in [-0.2, -0.15) is 0 Å². The van der Waals surface area contributed by atoms with E-state index < -0.39 is 0 Å². The lowest BCUT2D eigenvalue weighted by molar-refractivity contribution is 0.0695. The van der Waals surface area contributed by atoms with E-state index in [1.165, 1.54) is 11.1 Å². The van der Waals surface area contributed by atoms with Gasteiger partial charge in [-0.3, -0.25) is 4.79 Å². The van der Waals surface area contributed by atoms with Gasteiger partial charge >= 0.3 is 0 Å². The van der Waals surface area contributed by atoms with Gasteiger partial charge in [0, 0.05) is 24.0 Å². The maximum atomic E-state index is 12.4. The Kier molecular flexibility index (Phi) is 4.78. The first-order valence-corrected chi connectivity index (χ1v) is 9.22. The predicted molar refractivity (Wildman–Crippen MR) is 95.4 cm³/mol. The fourth-order valence-corrected chi connectivity index (χ4v) is 4.09. The SMILES string of the molecule is Cc1nc(C(C)(C)NC2CCN(C(=O)c3ccoc3)CC2)sc1C. The highest BCUT2D eigenvalue weighted by molar-refractivity contribution is 7.11. The maximum absolute atomic E-state index is 12.4. The number of nitrogens with one attached hydrogen (secondary N) is 1. The number of rotatable bonds is 4. The lowest BCUT2D eigenvalue weighted by Crippen LogP contribution is -2.50. The Morgan fingerprint density at radius 2 is 2.08 bits per heavy atom. The van der Waals surface area contributed by atoms with Crippen molar-refractivity contribution in [3.63, 3.8) is 0 Å². The summed E-state index contributed by atoms with van der Waals surface area (Å²) in [7, 11) is 0. The lowest BCUT2D eigenvalue weighted by Gasteiger charge is -2.36. The van der Waals surface area contributed by atoms with Crippen LogP contribution >= 0.6 is 11.3 Å². The van der Waals surface area contributed by atoms with Crippen molar-refractivity contribution in [2.75, 3.05) is 13.1 Å². The molecule has 1 aliphatic heterocycles. The van der Waals surface area contributed by atoms with Crippen molar-refractivity contribution in [3.05, 3.63) is 39.7 Å². The van der Waals surface area contributed by atoms with Gasteiger partial charge in [0.15, 0.2) is 0 Å². The van der Waals surface area contributed by atoms with Gasteiger partial charge in [0.25, 0.3) is 5.91 Å². The summed E-state index contributed by atoms with van der Waals surface area (Å²) in [6, 6.07) is 2.13. The van der Waals surface area contributed by atoms with E-state index in [0.717, 1.165) is 36.6 Å². The third-order valence-corrected chi connectivity index (χ3v) is 6.07. The fraction of sp³-hybridized carbons (Fsp3) is 0.556. The van der Waals surface area contributed by atoms with Gasteiger partial charge in [-0.25, -0.2) is 4.98 Å². The summed E-state index contributed by atoms with van der Waals surface area (Å²) in [4.78, 5) is 20.2. The molecule has 0 atom stereocenters. The zero-order chi connectivity index (χ0) is 17.3. The average Bonchev–Trinajstić information content (AvgIpc) is 3.18. The molecule has 0 aliphatic carbocycles. The fourth-order valence-electron chi connectivity index (χ4n) is 3.11. The van der Waals surface area contributed by atoms with E-state index in [1.54, 1.807) is 23.7 Å². The summed E-state index contributed by atoms with van der Waals surface area (Å²) in [5, 5.41) is 4.87. The van der Waals surface area contributed by atoms with E-state index in [1.807, 2.05) is 4.90 Å². The van der Waals surface area contributed by atoms with Crippen LogP contribution in [0.3, 0.4) is 0 Å². The second kappa shape index (κ2) is 6.69. The molecule has 1 fully saturated rings. The number of carbonyl (C=O) groups excluding carboxylic acids is 1. The molecule has 0 bridgehead atoms. The summed E-state index contributed by atoms with van der Waals surface area (Å²) in [5.74, 6) is 0.0626. The number of piperidine rings is 1. The number of aromatic nitrogens is 1. The Hall–Kier alpha value is -1.66. The molecule has 1 amide bonds. The largest absolute Gasteiger partial charge is 0.472 e. The number of nitrogens with zero attached hydrogens (tertiary/aromatic N) is 2. The first-order valence-electron chi connectivity index (χ1n) is 8.40. The molecule has 1 saturated heterocycles. The summed E-state index contributed by atoms with van der Waals surface area (Å²) >= 11 is 1.77. The van der Waals surface area contributed by atoms with Gasteiger partial charge in [0.05, 0.1) is 23.1 Å². The van der Waals surface area contributed by atoms with Gasteiger partial charge in [-0.1, -0.05) is 0 Å². The molecule has 2 aromatic heterocycles. The normalized spacial score (nSPS) is 16.6. The molecule has 0 aromatic carbocycles. The first-order chi connectivity index (χ1) is 11.4. The Morgan fingerprint density at radius 3 is 2.62 bits per heavy atom. The number of aryl methyl sites for hydroxylation is 2. The van der Waals surface area contributed by atoms with Crippen LogP contribution in [0.15, 0.2) is 23.0 Å². The van der Waals surface area contributed by atoms with E-state index >= 15 is 0 Å². The molecule has 0 radical (unpaired) electrons. The van der Waals surface area contributed by atoms with E-state index in [-0.39, 0.29) is 11.4 Å². The van der Waals surface area contributed by atoms with Gasteiger partial charge in [-0.15, -0.1) is 11.3 Å².